The number of hydrogen-bond donors (Lipinski definition) is 1. The minimum atomic E-state index is -0.439. The van der Waals surface area contributed by atoms with Crippen molar-refractivity contribution in [2.45, 2.75) is 9.79 Å². The van der Waals surface area contributed by atoms with E-state index >= 15 is 0 Å². The molecule has 0 heterocycles. The first-order chi connectivity index (χ1) is 9.11. The Kier molecular flexibility index (Phi) is 4.35. The highest BCUT2D eigenvalue weighted by Crippen LogP contribution is 2.34. The zero-order chi connectivity index (χ0) is 13.8. The second kappa shape index (κ2) is 5.99. The average molecular weight is 294 g/mol. The highest BCUT2D eigenvalue weighted by atomic mass is 35.5. The summed E-state index contributed by atoms with van der Waals surface area (Å²) in [5, 5.41) is 0.660. The molecule has 0 aliphatic rings. The Balaban J connectivity index is 2.33. The van der Waals surface area contributed by atoms with Crippen molar-refractivity contribution in [3.05, 3.63) is 53.1 Å². The van der Waals surface area contributed by atoms with Gasteiger partial charge in [0.05, 0.1) is 18.4 Å². The van der Waals surface area contributed by atoms with Crippen molar-refractivity contribution < 1.29 is 9.53 Å². The molecule has 98 valence electrons. The Morgan fingerprint density at radius 2 is 2.00 bits per heavy atom. The van der Waals surface area contributed by atoms with E-state index in [1.165, 1.54) is 18.9 Å². The lowest BCUT2D eigenvalue weighted by Gasteiger charge is -2.09. The topological polar surface area (TPSA) is 52.3 Å². The van der Waals surface area contributed by atoms with Crippen molar-refractivity contribution in [2.24, 2.45) is 0 Å². The van der Waals surface area contributed by atoms with Gasteiger partial charge in [0, 0.05) is 14.8 Å². The van der Waals surface area contributed by atoms with Gasteiger partial charge >= 0.3 is 5.97 Å². The number of carbonyl (C=O) groups is 1. The van der Waals surface area contributed by atoms with Gasteiger partial charge in [-0.25, -0.2) is 4.79 Å². The van der Waals surface area contributed by atoms with E-state index in [0.29, 0.717) is 16.3 Å². The van der Waals surface area contributed by atoms with Crippen LogP contribution in [0.1, 0.15) is 10.4 Å². The molecule has 2 aromatic carbocycles. The van der Waals surface area contributed by atoms with Crippen LogP contribution in [-0.2, 0) is 4.74 Å². The summed E-state index contributed by atoms with van der Waals surface area (Å²) in [6.45, 7) is 0. The summed E-state index contributed by atoms with van der Waals surface area (Å²) >= 11 is 7.39. The van der Waals surface area contributed by atoms with Crippen molar-refractivity contribution in [3.8, 4) is 0 Å². The van der Waals surface area contributed by atoms with Gasteiger partial charge in [-0.1, -0.05) is 35.5 Å². The number of ether oxygens (including phenoxy) is 1. The SMILES string of the molecule is COC(=O)c1cccc(Sc2cccc(Cl)c2)c1N. The van der Waals surface area contributed by atoms with Crippen LogP contribution in [0.2, 0.25) is 5.02 Å². The molecule has 0 aliphatic heterocycles. The number of nitrogen functional groups attached to an aromatic ring is 1. The van der Waals surface area contributed by atoms with E-state index in [4.69, 9.17) is 22.1 Å². The van der Waals surface area contributed by atoms with Gasteiger partial charge in [0.1, 0.15) is 0 Å². The van der Waals surface area contributed by atoms with Gasteiger partial charge in [0.2, 0.25) is 0 Å². The van der Waals surface area contributed by atoms with Crippen molar-refractivity contribution >= 4 is 35.0 Å². The van der Waals surface area contributed by atoms with Crippen molar-refractivity contribution in [1.82, 2.24) is 0 Å². The zero-order valence-electron chi connectivity index (χ0n) is 10.2. The summed E-state index contributed by atoms with van der Waals surface area (Å²) in [4.78, 5) is 13.3. The standard InChI is InChI=1S/C14H12ClNO2S/c1-18-14(17)11-6-3-7-12(13(11)16)19-10-5-2-4-9(15)8-10/h2-8H,16H2,1H3. The molecule has 0 saturated carbocycles. The van der Waals surface area contributed by atoms with E-state index in [1.807, 2.05) is 24.3 Å². The largest absolute Gasteiger partial charge is 0.465 e. The summed E-state index contributed by atoms with van der Waals surface area (Å²) in [5.41, 5.74) is 6.78. The normalized spacial score (nSPS) is 10.2. The molecule has 0 radical (unpaired) electrons. The van der Waals surface area contributed by atoms with E-state index in [2.05, 4.69) is 0 Å². The number of nitrogens with two attached hydrogens (primary N) is 1. The third-order valence-corrected chi connectivity index (χ3v) is 3.80. The summed E-state index contributed by atoms with van der Waals surface area (Å²) < 4.78 is 4.69. The Hall–Kier alpha value is -1.65. The van der Waals surface area contributed by atoms with E-state index in [0.717, 1.165) is 9.79 Å². The van der Waals surface area contributed by atoms with Crippen LogP contribution >= 0.6 is 23.4 Å². The molecule has 0 fully saturated rings. The third kappa shape index (κ3) is 3.22. The van der Waals surface area contributed by atoms with Crippen molar-refractivity contribution in [2.75, 3.05) is 12.8 Å². The zero-order valence-corrected chi connectivity index (χ0v) is 11.8. The minimum absolute atomic E-state index is 0.370. The molecule has 5 heteroatoms. The second-order valence-corrected chi connectivity index (χ2v) is 5.32. The minimum Gasteiger partial charge on any atom is -0.465 e. The highest BCUT2D eigenvalue weighted by molar-refractivity contribution is 7.99. The maximum absolute atomic E-state index is 11.6. The first-order valence-electron chi connectivity index (χ1n) is 5.52. The van der Waals surface area contributed by atoms with Gasteiger partial charge in [0.25, 0.3) is 0 Å². The van der Waals surface area contributed by atoms with Gasteiger partial charge in [0.15, 0.2) is 0 Å². The predicted molar refractivity (Wildman–Crippen MR) is 77.8 cm³/mol. The van der Waals surface area contributed by atoms with E-state index in [1.54, 1.807) is 18.2 Å². The fourth-order valence-corrected chi connectivity index (χ4v) is 2.79. The van der Waals surface area contributed by atoms with Gasteiger partial charge in [-0.15, -0.1) is 0 Å². The molecule has 0 spiro atoms. The van der Waals surface area contributed by atoms with Crippen LogP contribution in [0.5, 0.6) is 0 Å². The van der Waals surface area contributed by atoms with Crippen LogP contribution in [0.25, 0.3) is 0 Å². The number of rotatable bonds is 3. The van der Waals surface area contributed by atoms with Gasteiger partial charge in [-0.2, -0.15) is 0 Å². The second-order valence-electron chi connectivity index (χ2n) is 3.77. The Morgan fingerprint density at radius 3 is 2.68 bits per heavy atom. The van der Waals surface area contributed by atoms with E-state index in [9.17, 15) is 4.79 Å². The molecular formula is C14H12ClNO2S. The molecule has 0 unspecified atom stereocenters. The lowest BCUT2D eigenvalue weighted by atomic mass is 10.2. The molecule has 0 aliphatic carbocycles. The molecule has 2 aromatic rings. The number of esters is 1. The lowest BCUT2D eigenvalue weighted by molar-refractivity contribution is 0.0601. The van der Waals surface area contributed by atoms with Crippen molar-refractivity contribution in [1.29, 1.82) is 0 Å². The maximum Gasteiger partial charge on any atom is 0.339 e. The first kappa shape index (κ1) is 13.8. The first-order valence-corrected chi connectivity index (χ1v) is 6.71. The number of para-hydroxylation sites is 1. The highest BCUT2D eigenvalue weighted by Gasteiger charge is 2.13. The number of benzene rings is 2. The molecule has 0 amide bonds. The van der Waals surface area contributed by atoms with Gasteiger partial charge in [-0.3, -0.25) is 0 Å². The maximum atomic E-state index is 11.6. The number of methoxy groups -OCH3 is 1. The summed E-state index contributed by atoms with van der Waals surface area (Å²) in [6.07, 6.45) is 0. The molecule has 0 bridgehead atoms. The van der Waals surface area contributed by atoms with Crippen LogP contribution in [0, 0.1) is 0 Å². The fourth-order valence-electron chi connectivity index (χ4n) is 1.58. The Labute approximate surface area is 120 Å². The van der Waals surface area contributed by atoms with E-state index < -0.39 is 5.97 Å². The van der Waals surface area contributed by atoms with Crippen molar-refractivity contribution in [3.63, 3.8) is 0 Å². The molecular weight excluding hydrogens is 282 g/mol. The number of anilines is 1. The van der Waals surface area contributed by atoms with Crippen LogP contribution < -0.4 is 5.73 Å². The summed E-state index contributed by atoms with van der Waals surface area (Å²) in [5.74, 6) is -0.439. The number of carbonyl (C=O) groups excluding carboxylic acids is 1. The fraction of sp³-hybridized carbons (Fsp3) is 0.0714. The molecule has 0 saturated heterocycles. The molecule has 19 heavy (non-hydrogen) atoms. The van der Waals surface area contributed by atoms with E-state index in [-0.39, 0.29) is 0 Å². The summed E-state index contributed by atoms with van der Waals surface area (Å²) in [7, 11) is 1.33. The number of halogens is 1. The molecule has 0 atom stereocenters. The van der Waals surface area contributed by atoms with Crippen LogP contribution in [-0.4, -0.2) is 13.1 Å². The van der Waals surface area contributed by atoms with Crippen LogP contribution in [0.15, 0.2) is 52.3 Å². The molecule has 0 aromatic heterocycles. The Morgan fingerprint density at radius 1 is 1.26 bits per heavy atom. The third-order valence-electron chi connectivity index (χ3n) is 2.50. The quantitative estimate of drug-likeness (QED) is 0.689. The van der Waals surface area contributed by atoms with Crippen LogP contribution in [0.3, 0.4) is 0 Å². The molecule has 2 N–H and O–H groups in total. The van der Waals surface area contributed by atoms with Crippen LogP contribution in [0.4, 0.5) is 5.69 Å². The average Bonchev–Trinajstić information content (AvgIpc) is 2.40. The molecule has 3 nitrogen and oxygen atoms in total. The Bertz CT molecular complexity index is 616. The number of hydrogen-bond acceptors (Lipinski definition) is 4. The molecule has 2 rings (SSSR count). The van der Waals surface area contributed by atoms with Gasteiger partial charge < -0.3 is 10.5 Å². The monoisotopic (exact) mass is 293 g/mol. The van der Waals surface area contributed by atoms with Gasteiger partial charge in [-0.05, 0) is 30.3 Å². The lowest BCUT2D eigenvalue weighted by Crippen LogP contribution is -2.06. The predicted octanol–water partition coefficient (Wildman–Crippen LogP) is 3.86. The smallest absolute Gasteiger partial charge is 0.339 e. The summed E-state index contributed by atoms with van der Waals surface area (Å²) in [6, 6.07) is 12.7.